The summed E-state index contributed by atoms with van der Waals surface area (Å²) >= 11 is 0. The van der Waals surface area contributed by atoms with Crippen molar-refractivity contribution in [2.75, 3.05) is 4.90 Å². The predicted molar refractivity (Wildman–Crippen MR) is 284 cm³/mol. The summed E-state index contributed by atoms with van der Waals surface area (Å²) in [6, 6.07) is 85.2. The molecule has 0 atom stereocenters. The number of anilines is 3. The lowest BCUT2D eigenvalue weighted by molar-refractivity contribution is 0.660. The minimum atomic E-state index is -0.179. The molecule has 10 aromatic carbocycles. The minimum absolute atomic E-state index is 0.179. The summed E-state index contributed by atoms with van der Waals surface area (Å²) in [6.07, 6.45) is 0. The van der Waals surface area contributed by atoms with E-state index in [0.29, 0.717) is 0 Å². The van der Waals surface area contributed by atoms with Gasteiger partial charge >= 0.3 is 0 Å². The van der Waals surface area contributed by atoms with Crippen LogP contribution in [0.4, 0.5) is 17.1 Å². The Morgan fingerprint density at radius 2 is 0.881 bits per heavy atom. The Morgan fingerprint density at radius 1 is 0.358 bits per heavy atom. The second kappa shape index (κ2) is 16.0. The van der Waals surface area contributed by atoms with Crippen LogP contribution in [-0.4, -0.2) is 4.57 Å². The van der Waals surface area contributed by atoms with Crippen LogP contribution in [0.25, 0.3) is 83.1 Å². The Bertz CT molecular complexity index is 3590. The first-order valence-electron chi connectivity index (χ1n) is 23.4. The molecule has 67 heavy (non-hydrogen) atoms. The maximum atomic E-state index is 2.54. The molecule has 2 nitrogen and oxygen atoms in total. The summed E-state index contributed by atoms with van der Waals surface area (Å²) in [5.74, 6) is 0. The fourth-order valence-electron chi connectivity index (χ4n) is 11.0. The number of benzene rings is 10. The van der Waals surface area contributed by atoms with E-state index in [0.717, 1.165) is 33.9 Å². The molecule has 1 aliphatic carbocycles. The van der Waals surface area contributed by atoms with Crippen molar-refractivity contribution in [1.82, 2.24) is 4.57 Å². The second-order valence-corrected chi connectivity index (χ2v) is 18.6. The predicted octanol–water partition coefficient (Wildman–Crippen LogP) is 17.8. The molecule has 12 rings (SSSR count). The Morgan fingerprint density at radius 3 is 1.57 bits per heavy atom. The molecule has 0 fully saturated rings. The van der Waals surface area contributed by atoms with Crippen molar-refractivity contribution >= 4 is 38.9 Å². The normalized spacial score (nSPS) is 12.6. The van der Waals surface area contributed by atoms with E-state index >= 15 is 0 Å². The van der Waals surface area contributed by atoms with Crippen molar-refractivity contribution in [2.45, 2.75) is 33.1 Å². The van der Waals surface area contributed by atoms with Crippen molar-refractivity contribution in [2.24, 2.45) is 0 Å². The van der Waals surface area contributed by atoms with Gasteiger partial charge in [-0.15, -0.1) is 0 Å². The molecule has 0 bridgehead atoms. The van der Waals surface area contributed by atoms with Gasteiger partial charge in [-0.2, -0.15) is 0 Å². The van der Waals surface area contributed by atoms with Crippen LogP contribution < -0.4 is 4.90 Å². The van der Waals surface area contributed by atoms with Gasteiger partial charge in [-0.25, -0.2) is 0 Å². The van der Waals surface area contributed by atoms with Crippen LogP contribution in [0.3, 0.4) is 0 Å². The van der Waals surface area contributed by atoms with Crippen LogP contribution in [0.1, 0.15) is 36.1 Å². The molecule has 1 aromatic heterocycles. The summed E-state index contributed by atoms with van der Waals surface area (Å²) in [5.41, 5.74) is 24.0. The fourth-order valence-corrected chi connectivity index (χ4v) is 11.0. The van der Waals surface area contributed by atoms with Gasteiger partial charge in [0.2, 0.25) is 0 Å². The highest BCUT2D eigenvalue weighted by molar-refractivity contribution is 6.09. The molecule has 0 spiro atoms. The highest BCUT2D eigenvalue weighted by Gasteiger charge is 2.36. The van der Waals surface area contributed by atoms with Crippen LogP contribution in [0, 0.1) is 13.8 Å². The van der Waals surface area contributed by atoms with Crippen molar-refractivity contribution in [3.8, 4) is 61.3 Å². The molecule has 0 aliphatic heterocycles. The van der Waals surface area contributed by atoms with Crippen molar-refractivity contribution in [3.63, 3.8) is 0 Å². The molecule has 1 aliphatic rings. The number of nitrogens with zero attached hydrogens (tertiary/aromatic N) is 2. The standard InChI is InChI=1S/C65H50N2/c1-43-18-17-19-44(2)64(43)57-40-49(47-32-30-46(31-33-47)45-20-7-5-8-21-45)34-38-63(57)67(51-35-37-53-52-24-11-14-27-58(52)65(3,4)59(53)42-51)62-39-36-50(41-56(62)48-22-9-6-10-23-48)66-60-28-15-12-25-54(60)55-26-13-16-29-61(55)66/h5-42H,1-4H3. The fraction of sp³-hybridized carbons (Fsp3) is 0.0769. The minimum Gasteiger partial charge on any atom is -0.309 e. The van der Waals surface area contributed by atoms with E-state index < -0.39 is 0 Å². The van der Waals surface area contributed by atoms with Gasteiger partial charge in [0.1, 0.15) is 0 Å². The number of aryl methyl sites for hydroxylation is 2. The highest BCUT2D eigenvalue weighted by atomic mass is 15.1. The maximum absolute atomic E-state index is 2.54. The number of hydrogen-bond donors (Lipinski definition) is 0. The number of rotatable bonds is 8. The lowest BCUT2D eigenvalue weighted by Crippen LogP contribution is -2.17. The third-order valence-electron chi connectivity index (χ3n) is 14.3. The van der Waals surface area contributed by atoms with Gasteiger partial charge in [0.05, 0.1) is 22.4 Å². The van der Waals surface area contributed by atoms with Gasteiger partial charge in [-0.3, -0.25) is 0 Å². The van der Waals surface area contributed by atoms with E-state index in [4.69, 9.17) is 0 Å². The van der Waals surface area contributed by atoms with E-state index in [1.54, 1.807) is 0 Å². The van der Waals surface area contributed by atoms with Gasteiger partial charge < -0.3 is 9.47 Å². The number of aromatic nitrogens is 1. The highest BCUT2D eigenvalue weighted by Crippen LogP contribution is 2.53. The molecule has 2 heteroatoms. The summed E-state index contributed by atoms with van der Waals surface area (Å²) in [5, 5.41) is 2.50. The van der Waals surface area contributed by atoms with E-state index in [9.17, 15) is 0 Å². The van der Waals surface area contributed by atoms with Gasteiger partial charge in [-0.05, 0) is 135 Å². The third kappa shape index (κ3) is 6.71. The first kappa shape index (κ1) is 40.3. The second-order valence-electron chi connectivity index (χ2n) is 18.6. The number of hydrogen-bond acceptors (Lipinski definition) is 1. The molecular formula is C65H50N2. The summed E-state index contributed by atoms with van der Waals surface area (Å²) in [6.45, 7) is 9.26. The molecule has 0 unspecified atom stereocenters. The van der Waals surface area contributed by atoms with E-state index in [-0.39, 0.29) is 5.41 Å². The molecular weight excluding hydrogens is 809 g/mol. The van der Waals surface area contributed by atoms with E-state index in [2.05, 4.69) is 268 Å². The van der Waals surface area contributed by atoms with E-state index in [1.165, 1.54) is 88.6 Å². The first-order valence-corrected chi connectivity index (χ1v) is 23.4. The van der Waals surface area contributed by atoms with Gasteiger partial charge in [0.25, 0.3) is 0 Å². The van der Waals surface area contributed by atoms with Crippen LogP contribution >= 0.6 is 0 Å². The zero-order valence-corrected chi connectivity index (χ0v) is 38.3. The third-order valence-corrected chi connectivity index (χ3v) is 14.3. The molecule has 320 valence electrons. The quantitative estimate of drug-likeness (QED) is 0.148. The Kier molecular flexibility index (Phi) is 9.66. The molecule has 11 aromatic rings. The SMILES string of the molecule is Cc1cccc(C)c1-c1cc(-c2ccc(-c3ccccc3)cc2)ccc1N(c1ccc2c(c1)C(C)(C)c1ccccc1-2)c1ccc(-n2c3ccccc3c3ccccc32)cc1-c1ccccc1. The van der Waals surface area contributed by atoms with Gasteiger partial charge in [0, 0.05) is 38.7 Å². The van der Waals surface area contributed by atoms with Crippen LogP contribution in [0.15, 0.2) is 231 Å². The number of fused-ring (bicyclic) bond motifs is 6. The van der Waals surface area contributed by atoms with Gasteiger partial charge in [0.15, 0.2) is 0 Å². The molecule has 1 heterocycles. The van der Waals surface area contributed by atoms with E-state index in [1.807, 2.05) is 0 Å². The average molecular weight is 859 g/mol. The van der Waals surface area contributed by atoms with Crippen molar-refractivity contribution < 1.29 is 0 Å². The van der Waals surface area contributed by atoms with Crippen LogP contribution in [-0.2, 0) is 5.41 Å². The lowest BCUT2D eigenvalue weighted by Gasteiger charge is -2.32. The van der Waals surface area contributed by atoms with Crippen molar-refractivity contribution in [1.29, 1.82) is 0 Å². The Balaban J connectivity index is 1.13. The monoisotopic (exact) mass is 858 g/mol. The Hall–Kier alpha value is -8.20. The summed E-state index contributed by atoms with van der Waals surface area (Å²) in [7, 11) is 0. The molecule has 0 saturated carbocycles. The smallest absolute Gasteiger partial charge is 0.0541 e. The maximum Gasteiger partial charge on any atom is 0.0541 e. The zero-order valence-electron chi connectivity index (χ0n) is 38.3. The molecule has 0 N–H and O–H groups in total. The van der Waals surface area contributed by atoms with Crippen LogP contribution in [0.5, 0.6) is 0 Å². The largest absolute Gasteiger partial charge is 0.309 e. The molecule has 0 saturated heterocycles. The Labute approximate surface area is 393 Å². The number of para-hydroxylation sites is 2. The van der Waals surface area contributed by atoms with Gasteiger partial charge in [-0.1, -0.05) is 190 Å². The summed E-state index contributed by atoms with van der Waals surface area (Å²) in [4.78, 5) is 2.54. The summed E-state index contributed by atoms with van der Waals surface area (Å²) < 4.78 is 2.43. The van der Waals surface area contributed by atoms with Crippen molar-refractivity contribution in [3.05, 3.63) is 253 Å². The topological polar surface area (TPSA) is 8.17 Å². The lowest BCUT2D eigenvalue weighted by atomic mass is 9.82. The molecule has 0 amide bonds. The van der Waals surface area contributed by atoms with Crippen LogP contribution in [0.2, 0.25) is 0 Å². The molecule has 0 radical (unpaired) electrons. The zero-order chi connectivity index (χ0) is 45.2. The average Bonchev–Trinajstić information content (AvgIpc) is 3.83. The first-order chi connectivity index (χ1) is 32.8.